The fraction of sp³-hybridized carbons (Fsp3) is 0. The maximum Gasteiger partial charge on any atom is 0.164 e. The smallest absolute Gasteiger partial charge is 0.164 e. The van der Waals surface area contributed by atoms with Gasteiger partial charge in [-0.2, -0.15) is 0 Å². The minimum atomic E-state index is 0.614. The van der Waals surface area contributed by atoms with Gasteiger partial charge in [0.2, 0.25) is 0 Å². The van der Waals surface area contributed by atoms with E-state index < -0.39 is 0 Å². The zero-order chi connectivity index (χ0) is 37.0. The summed E-state index contributed by atoms with van der Waals surface area (Å²) in [5.74, 6) is 1.88. The van der Waals surface area contributed by atoms with Crippen molar-refractivity contribution in [1.29, 1.82) is 0 Å². The predicted molar refractivity (Wildman–Crippen MR) is 229 cm³/mol. The fourth-order valence-electron chi connectivity index (χ4n) is 8.05. The molecule has 5 nitrogen and oxygen atoms in total. The molecule has 5 heteroatoms. The van der Waals surface area contributed by atoms with Gasteiger partial charge in [-0.05, 0) is 53.6 Å². The van der Waals surface area contributed by atoms with Crippen molar-refractivity contribution in [2.45, 2.75) is 0 Å². The summed E-state index contributed by atoms with van der Waals surface area (Å²) in [4.78, 5) is 15.1. The van der Waals surface area contributed by atoms with Gasteiger partial charge in [0.1, 0.15) is 11.2 Å². The summed E-state index contributed by atoms with van der Waals surface area (Å²) in [6.07, 6.45) is 0. The minimum absolute atomic E-state index is 0.614. The first-order valence-electron chi connectivity index (χ1n) is 18.8. The Balaban J connectivity index is 1.16. The van der Waals surface area contributed by atoms with Gasteiger partial charge in [0.15, 0.2) is 17.5 Å². The molecule has 0 spiro atoms. The molecular weight excluding hydrogens is 685 g/mol. The zero-order valence-corrected chi connectivity index (χ0v) is 30.2. The first-order valence-corrected chi connectivity index (χ1v) is 18.8. The first kappa shape index (κ1) is 31.9. The van der Waals surface area contributed by atoms with E-state index in [-0.39, 0.29) is 0 Å². The van der Waals surface area contributed by atoms with E-state index in [2.05, 4.69) is 126 Å². The Morgan fingerprint density at radius 3 is 1.61 bits per heavy atom. The van der Waals surface area contributed by atoms with Gasteiger partial charge in [-0.1, -0.05) is 152 Å². The van der Waals surface area contributed by atoms with Crippen LogP contribution in [0.15, 0.2) is 199 Å². The third-order valence-electron chi connectivity index (χ3n) is 10.7. The number of para-hydroxylation sites is 3. The third-order valence-corrected chi connectivity index (χ3v) is 10.7. The molecule has 0 fully saturated rings. The van der Waals surface area contributed by atoms with E-state index in [0.29, 0.717) is 17.5 Å². The molecule has 262 valence electrons. The van der Waals surface area contributed by atoms with Gasteiger partial charge in [-0.25, -0.2) is 15.0 Å². The van der Waals surface area contributed by atoms with Crippen molar-refractivity contribution in [2.24, 2.45) is 0 Å². The highest BCUT2D eigenvalue weighted by molar-refractivity contribution is 6.15. The zero-order valence-electron chi connectivity index (χ0n) is 30.2. The quantitative estimate of drug-likeness (QED) is 0.172. The number of furan rings is 1. The summed E-state index contributed by atoms with van der Waals surface area (Å²) in [6.45, 7) is 0. The maximum atomic E-state index is 6.38. The molecule has 0 aliphatic heterocycles. The molecule has 0 amide bonds. The van der Waals surface area contributed by atoms with Gasteiger partial charge >= 0.3 is 0 Å². The van der Waals surface area contributed by atoms with E-state index in [0.717, 1.165) is 77.6 Å². The minimum Gasteiger partial charge on any atom is -0.456 e. The number of benzene rings is 8. The van der Waals surface area contributed by atoms with Gasteiger partial charge in [0.05, 0.1) is 16.7 Å². The van der Waals surface area contributed by atoms with Crippen molar-refractivity contribution in [2.75, 3.05) is 0 Å². The van der Waals surface area contributed by atoms with Gasteiger partial charge < -0.3 is 8.98 Å². The average Bonchev–Trinajstić information content (AvgIpc) is 3.82. The number of aromatic nitrogens is 4. The van der Waals surface area contributed by atoms with E-state index in [1.807, 2.05) is 72.8 Å². The normalized spacial score (nSPS) is 11.6. The molecule has 0 aliphatic rings. The van der Waals surface area contributed by atoms with Crippen LogP contribution in [0.3, 0.4) is 0 Å². The van der Waals surface area contributed by atoms with Crippen LogP contribution >= 0.6 is 0 Å². The lowest BCUT2D eigenvalue weighted by atomic mass is 9.98. The van der Waals surface area contributed by atoms with Crippen molar-refractivity contribution >= 4 is 43.7 Å². The summed E-state index contributed by atoms with van der Waals surface area (Å²) in [6, 6.07) is 67.5. The number of nitrogens with zero attached hydrogens (tertiary/aromatic N) is 4. The standard InChI is InChI=1S/C51H32N4O/c1-4-15-33(16-5-1)43-31-37(51-53-49(34-17-6-2-7-18-34)52-50(54-51)35-19-8-3-9-20-35)28-30-45(43)55-44-25-12-10-21-39(44)42-24-14-23-38(48(42)55)36-27-29-41-40-22-11-13-26-46(40)56-47(41)32-36/h1-32H. The molecule has 0 atom stereocenters. The summed E-state index contributed by atoms with van der Waals surface area (Å²) in [7, 11) is 0. The van der Waals surface area contributed by atoms with Crippen LogP contribution in [0.5, 0.6) is 0 Å². The van der Waals surface area contributed by atoms with Gasteiger partial charge in [0.25, 0.3) is 0 Å². The molecule has 56 heavy (non-hydrogen) atoms. The number of hydrogen-bond acceptors (Lipinski definition) is 4. The second kappa shape index (κ2) is 13.0. The van der Waals surface area contributed by atoms with Crippen molar-refractivity contribution < 1.29 is 4.42 Å². The Labute approximate surface area is 322 Å². The van der Waals surface area contributed by atoms with Crippen LogP contribution in [0, 0.1) is 0 Å². The first-order chi connectivity index (χ1) is 27.8. The van der Waals surface area contributed by atoms with Gasteiger partial charge in [-0.15, -0.1) is 0 Å². The Morgan fingerprint density at radius 2 is 0.893 bits per heavy atom. The fourth-order valence-corrected chi connectivity index (χ4v) is 8.05. The molecular formula is C51H32N4O. The van der Waals surface area contributed by atoms with E-state index >= 15 is 0 Å². The van der Waals surface area contributed by atoms with E-state index in [4.69, 9.17) is 19.4 Å². The monoisotopic (exact) mass is 716 g/mol. The molecule has 8 aromatic carbocycles. The lowest BCUT2D eigenvalue weighted by Gasteiger charge is -2.17. The van der Waals surface area contributed by atoms with E-state index in [1.54, 1.807) is 0 Å². The van der Waals surface area contributed by atoms with Gasteiger partial charge in [-0.3, -0.25) is 0 Å². The van der Waals surface area contributed by atoms with Crippen LogP contribution in [-0.2, 0) is 0 Å². The lowest BCUT2D eigenvalue weighted by molar-refractivity contribution is 0.669. The molecule has 0 saturated carbocycles. The predicted octanol–water partition coefficient (Wildman–Crippen LogP) is 13.2. The summed E-state index contributed by atoms with van der Waals surface area (Å²) >= 11 is 0. The Kier molecular flexibility index (Phi) is 7.42. The Bertz CT molecular complexity index is 3180. The van der Waals surface area contributed by atoms with Crippen molar-refractivity contribution in [1.82, 2.24) is 19.5 Å². The van der Waals surface area contributed by atoms with Crippen LogP contribution in [0.4, 0.5) is 0 Å². The topological polar surface area (TPSA) is 56.7 Å². The maximum absolute atomic E-state index is 6.38. The van der Waals surface area contributed by atoms with Crippen molar-refractivity contribution in [3.8, 4) is 62.1 Å². The Morgan fingerprint density at radius 1 is 0.339 bits per heavy atom. The summed E-state index contributed by atoms with van der Waals surface area (Å²) < 4.78 is 8.81. The summed E-state index contributed by atoms with van der Waals surface area (Å²) in [5.41, 5.74) is 12.2. The number of hydrogen-bond donors (Lipinski definition) is 0. The lowest BCUT2D eigenvalue weighted by Crippen LogP contribution is -2.02. The average molecular weight is 717 g/mol. The SMILES string of the molecule is c1ccc(-c2nc(-c3ccccc3)nc(-c3ccc(-n4c5ccccc5c5cccc(-c6ccc7c(c6)oc6ccccc67)c54)c(-c4ccccc4)c3)n2)cc1. The van der Waals surface area contributed by atoms with Crippen LogP contribution in [0.2, 0.25) is 0 Å². The van der Waals surface area contributed by atoms with Crippen LogP contribution in [-0.4, -0.2) is 19.5 Å². The van der Waals surface area contributed by atoms with Crippen molar-refractivity contribution in [3.63, 3.8) is 0 Å². The molecule has 0 saturated heterocycles. The molecule has 0 N–H and O–H groups in total. The largest absolute Gasteiger partial charge is 0.456 e. The highest BCUT2D eigenvalue weighted by Gasteiger charge is 2.21. The molecule has 3 heterocycles. The molecule has 11 rings (SSSR count). The second-order valence-electron chi connectivity index (χ2n) is 14.0. The third kappa shape index (κ3) is 5.29. The number of rotatable bonds is 6. The highest BCUT2D eigenvalue weighted by Crippen LogP contribution is 2.42. The van der Waals surface area contributed by atoms with Crippen LogP contribution in [0.1, 0.15) is 0 Å². The van der Waals surface area contributed by atoms with E-state index in [9.17, 15) is 0 Å². The van der Waals surface area contributed by atoms with Crippen LogP contribution in [0.25, 0.3) is 106 Å². The molecule has 3 aromatic heterocycles. The molecule has 11 aromatic rings. The van der Waals surface area contributed by atoms with E-state index in [1.165, 1.54) is 10.8 Å². The molecule has 0 aliphatic carbocycles. The van der Waals surface area contributed by atoms with Crippen molar-refractivity contribution in [3.05, 3.63) is 194 Å². The highest BCUT2D eigenvalue weighted by atomic mass is 16.3. The molecule has 0 bridgehead atoms. The van der Waals surface area contributed by atoms with Gasteiger partial charge in [0, 0.05) is 49.4 Å². The van der Waals surface area contributed by atoms with Crippen LogP contribution < -0.4 is 0 Å². The number of fused-ring (bicyclic) bond motifs is 6. The Hall–Kier alpha value is -7.63. The summed E-state index contributed by atoms with van der Waals surface area (Å²) in [5, 5.41) is 4.61. The second-order valence-corrected chi connectivity index (χ2v) is 14.0. The molecule has 0 unspecified atom stereocenters. The molecule has 0 radical (unpaired) electrons.